The van der Waals surface area contributed by atoms with Crippen molar-refractivity contribution in [2.24, 2.45) is 5.41 Å². The normalized spacial score (nSPS) is 17.4. The van der Waals surface area contributed by atoms with Gasteiger partial charge in [0.1, 0.15) is 0 Å². The van der Waals surface area contributed by atoms with Crippen LogP contribution in [0, 0.1) is 16.7 Å². The fourth-order valence-corrected chi connectivity index (χ4v) is 3.97. The van der Waals surface area contributed by atoms with Crippen LogP contribution in [-0.2, 0) is 21.3 Å². The molecule has 0 aromatic heterocycles. The lowest BCUT2D eigenvalue weighted by atomic mass is 10.1. The second-order valence-electron chi connectivity index (χ2n) is 5.07. The van der Waals surface area contributed by atoms with E-state index in [1.807, 2.05) is 6.07 Å². The van der Waals surface area contributed by atoms with Crippen LogP contribution in [0.25, 0.3) is 0 Å². The lowest BCUT2D eigenvalue weighted by Crippen LogP contribution is -2.17. The first-order valence-electron chi connectivity index (χ1n) is 6.09. The van der Waals surface area contributed by atoms with Crippen LogP contribution in [0.5, 0.6) is 0 Å². The molecule has 1 atom stereocenters. The predicted molar refractivity (Wildman–Crippen MR) is 71.8 cm³/mol. The van der Waals surface area contributed by atoms with Crippen molar-refractivity contribution >= 4 is 16.8 Å². The van der Waals surface area contributed by atoms with Crippen LogP contribution in [-0.4, -0.2) is 21.0 Å². The zero-order chi connectivity index (χ0) is 13.9. The summed E-state index contributed by atoms with van der Waals surface area (Å²) < 4.78 is 12.1. The van der Waals surface area contributed by atoms with E-state index in [0.29, 0.717) is 17.1 Å². The minimum Gasteiger partial charge on any atom is -0.481 e. The topological polar surface area (TPSA) is 78.2 Å². The van der Waals surface area contributed by atoms with Gasteiger partial charge in [0.15, 0.2) is 0 Å². The van der Waals surface area contributed by atoms with Gasteiger partial charge in [0, 0.05) is 22.3 Å². The van der Waals surface area contributed by atoms with Gasteiger partial charge < -0.3 is 5.11 Å². The van der Waals surface area contributed by atoms with Gasteiger partial charge in [-0.1, -0.05) is 18.2 Å². The van der Waals surface area contributed by atoms with Gasteiger partial charge in [-0.25, -0.2) is 0 Å². The van der Waals surface area contributed by atoms with Gasteiger partial charge in [-0.3, -0.25) is 9.00 Å². The van der Waals surface area contributed by atoms with Gasteiger partial charge in [0.05, 0.1) is 18.1 Å². The third-order valence-corrected chi connectivity index (χ3v) is 4.97. The Morgan fingerprint density at radius 3 is 2.68 bits per heavy atom. The number of aliphatic carboxylic acids is 1. The van der Waals surface area contributed by atoms with Crippen molar-refractivity contribution in [3.63, 3.8) is 0 Å². The maximum Gasteiger partial charge on any atom is 0.303 e. The number of nitriles is 1. The molecule has 0 bridgehead atoms. The van der Waals surface area contributed by atoms with Crippen LogP contribution in [0.1, 0.15) is 30.4 Å². The zero-order valence-corrected chi connectivity index (χ0v) is 11.3. The summed E-state index contributed by atoms with van der Waals surface area (Å²) in [5.74, 6) is -0.0867. The third-order valence-electron chi connectivity index (χ3n) is 3.40. The second kappa shape index (κ2) is 5.54. The highest BCUT2D eigenvalue weighted by atomic mass is 32.2. The zero-order valence-electron chi connectivity index (χ0n) is 10.5. The van der Waals surface area contributed by atoms with Gasteiger partial charge in [-0.05, 0) is 29.9 Å². The molecule has 1 unspecified atom stereocenters. The molecule has 5 heteroatoms. The molecule has 1 aliphatic carbocycles. The summed E-state index contributed by atoms with van der Waals surface area (Å²) in [5.41, 5.74) is 1.05. The molecule has 1 aliphatic rings. The largest absolute Gasteiger partial charge is 0.481 e. The smallest absolute Gasteiger partial charge is 0.303 e. The third kappa shape index (κ3) is 3.65. The summed E-state index contributed by atoms with van der Waals surface area (Å²) in [5, 5.41) is 17.8. The Morgan fingerprint density at radius 1 is 1.42 bits per heavy atom. The number of carbonyl (C=O) groups is 1. The molecule has 1 N–H and O–H groups in total. The van der Waals surface area contributed by atoms with Crippen LogP contribution >= 0.6 is 0 Å². The predicted octanol–water partition coefficient (Wildman–Crippen LogP) is 2.06. The molecule has 2 rings (SSSR count). The van der Waals surface area contributed by atoms with Crippen molar-refractivity contribution in [2.45, 2.75) is 25.0 Å². The minimum absolute atomic E-state index is 0.0959. The highest BCUT2D eigenvalue weighted by molar-refractivity contribution is 7.84. The molecule has 0 radical (unpaired) electrons. The van der Waals surface area contributed by atoms with Gasteiger partial charge >= 0.3 is 5.97 Å². The molecule has 100 valence electrons. The van der Waals surface area contributed by atoms with Crippen LogP contribution < -0.4 is 0 Å². The summed E-state index contributed by atoms with van der Waals surface area (Å²) in [6.45, 7) is 0. The van der Waals surface area contributed by atoms with E-state index in [1.165, 1.54) is 0 Å². The fraction of sp³-hybridized carbons (Fsp3) is 0.429. The maximum absolute atomic E-state index is 12.1. The molecule has 0 amide bonds. The fourth-order valence-electron chi connectivity index (χ4n) is 2.19. The van der Waals surface area contributed by atoms with E-state index in [0.717, 1.165) is 18.4 Å². The van der Waals surface area contributed by atoms with E-state index >= 15 is 0 Å². The van der Waals surface area contributed by atoms with Crippen LogP contribution in [0.15, 0.2) is 24.3 Å². The van der Waals surface area contributed by atoms with Crippen molar-refractivity contribution in [1.29, 1.82) is 5.26 Å². The molecular formula is C14H15NO3S. The molecular weight excluding hydrogens is 262 g/mol. The van der Waals surface area contributed by atoms with E-state index in [2.05, 4.69) is 6.07 Å². The van der Waals surface area contributed by atoms with E-state index in [4.69, 9.17) is 10.4 Å². The number of hydrogen-bond donors (Lipinski definition) is 1. The van der Waals surface area contributed by atoms with Crippen molar-refractivity contribution in [1.82, 2.24) is 0 Å². The molecule has 0 aliphatic heterocycles. The molecule has 19 heavy (non-hydrogen) atoms. The summed E-state index contributed by atoms with van der Waals surface area (Å²) in [7, 11) is -1.12. The first-order valence-corrected chi connectivity index (χ1v) is 7.58. The minimum atomic E-state index is -1.12. The number of carboxylic acid groups (broad SMARTS) is 1. The number of rotatable bonds is 6. The van der Waals surface area contributed by atoms with Crippen molar-refractivity contribution in [3.8, 4) is 6.07 Å². The number of hydrogen-bond acceptors (Lipinski definition) is 3. The van der Waals surface area contributed by atoms with Crippen molar-refractivity contribution in [2.75, 3.05) is 5.75 Å². The Kier molecular flexibility index (Phi) is 4.01. The Labute approximate surface area is 114 Å². The highest BCUT2D eigenvalue weighted by Crippen LogP contribution is 2.49. The highest BCUT2D eigenvalue weighted by Gasteiger charge is 2.45. The summed E-state index contributed by atoms with van der Waals surface area (Å²) in [4.78, 5) is 10.8. The SMILES string of the molecule is N#Cc1ccccc1CS(=O)CC1(CC(=O)O)CC1. The van der Waals surface area contributed by atoms with Crippen molar-refractivity contribution in [3.05, 3.63) is 35.4 Å². The van der Waals surface area contributed by atoms with Crippen LogP contribution in [0.4, 0.5) is 0 Å². The first kappa shape index (κ1) is 13.8. The van der Waals surface area contributed by atoms with E-state index in [1.54, 1.807) is 18.2 Å². The van der Waals surface area contributed by atoms with E-state index < -0.39 is 16.8 Å². The average molecular weight is 277 g/mol. The van der Waals surface area contributed by atoms with Gasteiger partial charge in [0.2, 0.25) is 0 Å². The summed E-state index contributed by atoms with van der Waals surface area (Å²) in [6, 6.07) is 9.18. The molecule has 1 fully saturated rings. The van der Waals surface area contributed by atoms with Gasteiger partial charge in [-0.15, -0.1) is 0 Å². The number of nitrogens with zero attached hydrogens (tertiary/aromatic N) is 1. The first-order chi connectivity index (χ1) is 9.04. The van der Waals surface area contributed by atoms with Gasteiger partial charge in [0.25, 0.3) is 0 Å². The quantitative estimate of drug-likeness (QED) is 0.863. The molecule has 1 aromatic carbocycles. The molecule has 1 saturated carbocycles. The molecule has 0 saturated heterocycles. The second-order valence-corrected chi connectivity index (χ2v) is 6.52. The molecule has 1 aromatic rings. The van der Waals surface area contributed by atoms with E-state index in [9.17, 15) is 9.00 Å². The van der Waals surface area contributed by atoms with Crippen LogP contribution in [0.3, 0.4) is 0 Å². The summed E-state index contributed by atoms with van der Waals surface area (Å²) >= 11 is 0. The lowest BCUT2D eigenvalue weighted by molar-refractivity contribution is -0.138. The molecule has 0 heterocycles. The standard InChI is InChI=1S/C14H15NO3S/c15-8-11-3-1-2-4-12(11)9-19(18)10-14(5-6-14)7-13(16)17/h1-4H,5-7,9-10H2,(H,16,17). The Bertz CT molecular complexity index is 558. The monoisotopic (exact) mass is 277 g/mol. The Balaban J connectivity index is 1.99. The Morgan fingerprint density at radius 2 is 2.11 bits per heavy atom. The maximum atomic E-state index is 12.1. The molecule has 0 spiro atoms. The number of carboxylic acids is 1. The number of benzene rings is 1. The van der Waals surface area contributed by atoms with E-state index in [-0.39, 0.29) is 11.8 Å². The lowest BCUT2D eigenvalue weighted by Gasteiger charge is -2.12. The van der Waals surface area contributed by atoms with Crippen LogP contribution in [0.2, 0.25) is 0 Å². The Hall–Kier alpha value is -1.67. The van der Waals surface area contributed by atoms with Gasteiger partial charge in [-0.2, -0.15) is 5.26 Å². The molecule has 4 nitrogen and oxygen atoms in total. The average Bonchev–Trinajstić information content (AvgIpc) is 3.07. The van der Waals surface area contributed by atoms with Crippen molar-refractivity contribution < 1.29 is 14.1 Å². The summed E-state index contributed by atoms with van der Waals surface area (Å²) in [6.07, 6.45) is 1.77.